The lowest BCUT2D eigenvalue weighted by Gasteiger charge is -2.22. The largest absolute Gasteiger partial charge is 0.460 e. The van der Waals surface area contributed by atoms with Gasteiger partial charge >= 0.3 is 5.97 Å². The molecule has 0 fully saturated rings. The molecule has 0 aromatic rings. The summed E-state index contributed by atoms with van der Waals surface area (Å²) in [7, 11) is 0. The second-order valence-corrected chi connectivity index (χ2v) is 5.64. The van der Waals surface area contributed by atoms with Crippen molar-refractivity contribution in [2.45, 2.75) is 78.7 Å². The Morgan fingerprint density at radius 1 is 1.12 bits per heavy atom. The lowest BCUT2D eigenvalue weighted by molar-refractivity contribution is -0.159. The number of carbonyl (C=O) groups is 1. The molecule has 1 unspecified atom stereocenters. The minimum absolute atomic E-state index is 0.0425. The Kier molecular flexibility index (Phi) is 7.44. The first kappa shape index (κ1) is 15.5. The van der Waals surface area contributed by atoms with E-state index in [-0.39, 0.29) is 17.5 Å². The Labute approximate surface area is 101 Å². The Morgan fingerprint density at radius 2 is 1.69 bits per heavy atom. The molecule has 16 heavy (non-hydrogen) atoms. The molecule has 0 rings (SSSR count). The van der Waals surface area contributed by atoms with Crippen molar-refractivity contribution in [3.63, 3.8) is 0 Å². The van der Waals surface area contributed by atoms with Crippen LogP contribution in [-0.2, 0) is 9.53 Å². The van der Waals surface area contributed by atoms with Gasteiger partial charge in [-0.3, -0.25) is 4.79 Å². The molecule has 0 aromatic carbocycles. The highest BCUT2D eigenvalue weighted by Crippen LogP contribution is 2.16. The van der Waals surface area contributed by atoms with E-state index in [1.807, 2.05) is 27.7 Å². The summed E-state index contributed by atoms with van der Waals surface area (Å²) in [5.74, 6) is -0.0103. The molecule has 0 aromatic heterocycles. The van der Waals surface area contributed by atoms with Gasteiger partial charge in [0.1, 0.15) is 5.60 Å². The minimum atomic E-state index is -0.354. The van der Waals surface area contributed by atoms with Gasteiger partial charge in [0.15, 0.2) is 0 Å². The Hall–Kier alpha value is -0.530. The summed E-state index contributed by atoms with van der Waals surface area (Å²) in [6, 6.07) is 0. The van der Waals surface area contributed by atoms with Crippen molar-refractivity contribution in [2.24, 2.45) is 5.92 Å². The zero-order valence-electron chi connectivity index (χ0n) is 11.6. The lowest BCUT2D eigenvalue weighted by Crippen LogP contribution is -2.27. The Bertz CT molecular complexity index is 191. The van der Waals surface area contributed by atoms with Crippen LogP contribution in [0.4, 0.5) is 0 Å². The van der Waals surface area contributed by atoms with Crippen molar-refractivity contribution < 1.29 is 9.53 Å². The third-order valence-corrected chi connectivity index (χ3v) is 2.55. The standard InChI is InChI=1S/C14H28O2/c1-6-7-8-9-10-11-12(2)13(15)16-14(3,4)5/h12H,6-11H2,1-5H3. The van der Waals surface area contributed by atoms with Crippen LogP contribution in [0.3, 0.4) is 0 Å². The number of hydrogen-bond acceptors (Lipinski definition) is 2. The predicted molar refractivity (Wildman–Crippen MR) is 68.4 cm³/mol. The molecule has 1 atom stereocenters. The summed E-state index contributed by atoms with van der Waals surface area (Å²) in [5, 5.41) is 0. The molecular formula is C14H28O2. The fraction of sp³-hybridized carbons (Fsp3) is 0.929. The molecule has 2 heteroatoms. The van der Waals surface area contributed by atoms with Gasteiger partial charge in [0.2, 0.25) is 0 Å². The van der Waals surface area contributed by atoms with Gasteiger partial charge in [-0.25, -0.2) is 0 Å². The predicted octanol–water partition coefficient (Wildman–Crippen LogP) is 4.32. The highest BCUT2D eigenvalue weighted by atomic mass is 16.6. The van der Waals surface area contributed by atoms with Gasteiger partial charge in [-0.15, -0.1) is 0 Å². The van der Waals surface area contributed by atoms with Crippen molar-refractivity contribution in [2.75, 3.05) is 0 Å². The fourth-order valence-electron chi connectivity index (χ4n) is 1.57. The fourth-order valence-corrected chi connectivity index (χ4v) is 1.57. The normalized spacial score (nSPS) is 13.6. The summed E-state index contributed by atoms with van der Waals surface area (Å²) in [6.45, 7) is 9.92. The Morgan fingerprint density at radius 3 is 2.19 bits per heavy atom. The van der Waals surface area contributed by atoms with E-state index in [9.17, 15) is 4.79 Å². The van der Waals surface area contributed by atoms with Crippen LogP contribution in [0.1, 0.15) is 73.1 Å². The number of ether oxygens (including phenoxy) is 1. The van der Waals surface area contributed by atoms with E-state index >= 15 is 0 Å². The van der Waals surface area contributed by atoms with Crippen molar-refractivity contribution in [1.82, 2.24) is 0 Å². The maximum absolute atomic E-state index is 11.7. The van der Waals surface area contributed by atoms with Gasteiger partial charge in [-0.05, 0) is 27.2 Å². The van der Waals surface area contributed by atoms with Crippen molar-refractivity contribution in [3.05, 3.63) is 0 Å². The molecule has 0 N–H and O–H groups in total. The second kappa shape index (κ2) is 7.70. The summed E-state index contributed by atoms with van der Waals surface area (Å²) in [5.41, 5.74) is -0.354. The highest BCUT2D eigenvalue weighted by Gasteiger charge is 2.20. The van der Waals surface area contributed by atoms with Crippen molar-refractivity contribution >= 4 is 5.97 Å². The second-order valence-electron chi connectivity index (χ2n) is 5.64. The number of unbranched alkanes of at least 4 members (excludes halogenated alkanes) is 4. The molecule has 0 amide bonds. The van der Waals surface area contributed by atoms with Crippen LogP contribution in [-0.4, -0.2) is 11.6 Å². The molecule has 0 radical (unpaired) electrons. The zero-order chi connectivity index (χ0) is 12.6. The smallest absolute Gasteiger partial charge is 0.309 e. The van der Waals surface area contributed by atoms with Crippen LogP contribution in [0.5, 0.6) is 0 Å². The average molecular weight is 228 g/mol. The zero-order valence-corrected chi connectivity index (χ0v) is 11.6. The monoisotopic (exact) mass is 228 g/mol. The molecule has 96 valence electrons. The van der Waals surface area contributed by atoms with Gasteiger partial charge in [-0.2, -0.15) is 0 Å². The third kappa shape index (κ3) is 8.75. The van der Waals surface area contributed by atoms with Gasteiger partial charge < -0.3 is 4.74 Å². The number of carbonyl (C=O) groups excluding carboxylic acids is 1. The van der Waals surface area contributed by atoms with E-state index in [0.29, 0.717) is 0 Å². The molecule has 0 aliphatic rings. The van der Waals surface area contributed by atoms with Crippen molar-refractivity contribution in [1.29, 1.82) is 0 Å². The molecule has 0 saturated carbocycles. The number of hydrogen-bond donors (Lipinski definition) is 0. The quantitative estimate of drug-likeness (QED) is 0.479. The molecule has 0 heterocycles. The molecule has 0 spiro atoms. The van der Waals surface area contributed by atoms with E-state index in [0.717, 1.165) is 12.8 Å². The van der Waals surface area contributed by atoms with Gasteiger partial charge in [-0.1, -0.05) is 46.0 Å². The molecular weight excluding hydrogens is 200 g/mol. The van der Waals surface area contributed by atoms with Crippen LogP contribution in [0.15, 0.2) is 0 Å². The SMILES string of the molecule is CCCCCCCC(C)C(=O)OC(C)(C)C. The van der Waals surface area contributed by atoms with E-state index in [4.69, 9.17) is 4.74 Å². The molecule has 0 aliphatic heterocycles. The Balaban J connectivity index is 3.64. The van der Waals surface area contributed by atoms with Crippen molar-refractivity contribution in [3.8, 4) is 0 Å². The summed E-state index contributed by atoms with van der Waals surface area (Å²) in [6.07, 6.45) is 7.19. The highest BCUT2D eigenvalue weighted by molar-refractivity contribution is 5.72. The topological polar surface area (TPSA) is 26.3 Å². The molecule has 0 saturated heterocycles. The number of rotatable bonds is 7. The van der Waals surface area contributed by atoms with Crippen LogP contribution < -0.4 is 0 Å². The maximum atomic E-state index is 11.7. The summed E-state index contributed by atoms with van der Waals surface area (Å²) < 4.78 is 5.34. The van der Waals surface area contributed by atoms with E-state index in [1.165, 1.54) is 25.7 Å². The van der Waals surface area contributed by atoms with Gasteiger partial charge in [0, 0.05) is 0 Å². The van der Waals surface area contributed by atoms with E-state index < -0.39 is 0 Å². The van der Waals surface area contributed by atoms with Crippen LogP contribution in [0.2, 0.25) is 0 Å². The molecule has 2 nitrogen and oxygen atoms in total. The molecule has 0 bridgehead atoms. The summed E-state index contributed by atoms with van der Waals surface area (Å²) in [4.78, 5) is 11.7. The van der Waals surface area contributed by atoms with Crippen LogP contribution in [0, 0.1) is 5.92 Å². The van der Waals surface area contributed by atoms with Gasteiger partial charge in [0.05, 0.1) is 5.92 Å². The minimum Gasteiger partial charge on any atom is -0.460 e. The number of esters is 1. The third-order valence-electron chi connectivity index (χ3n) is 2.55. The first-order valence-electron chi connectivity index (χ1n) is 6.59. The van der Waals surface area contributed by atoms with E-state index in [1.54, 1.807) is 0 Å². The van der Waals surface area contributed by atoms with Gasteiger partial charge in [0.25, 0.3) is 0 Å². The molecule has 0 aliphatic carbocycles. The van der Waals surface area contributed by atoms with Crippen LogP contribution >= 0.6 is 0 Å². The maximum Gasteiger partial charge on any atom is 0.309 e. The first-order chi connectivity index (χ1) is 7.37. The lowest BCUT2D eigenvalue weighted by atomic mass is 10.0. The summed E-state index contributed by atoms with van der Waals surface area (Å²) >= 11 is 0. The average Bonchev–Trinajstić information content (AvgIpc) is 2.14. The van der Waals surface area contributed by atoms with Crippen LogP contribution in [0.25, 0.3) is 0 Å². The van der Waals surface area contributed by atoms with E-state index in [2.05, 4.69) is 6.92 Å². The first-order valence-corrected chi connectivity index (χ1v) is 6.59.